The van der Waals surface area contributed by atoms with Crippen LogP contribution in [0.2, 0.25) is 0 Å². The Morgan fingerprint density at radius 3 is 1.26 bits per heavy atom. The molecule has 7 nitrogen and oxygen atoms in total. The van der Waals surface area contributed by atoms with Crippen molar-refractivity contribution >= 4 is 21.9 Å². The lowest BCUT2D eigenvalue weighted by atomic mass is 10.4. The van der Waals surface area contributed by atoms with Gasteiger partial charge in [-0.05, 0) is 0 Å². The molecule has 2 N–H and O–H groups in total. The first kappa shape index (κ1) is 17.2. The highest BCUT2D eigenvalue weighted by Gasteiger charge is 2.26. The summed E-state index contributed by atoms with van der Waals surface area (Å²) in [5.74, 6) is -1.01. The molecule has 0 radical (unpaired) electrons. The van der Waals surface area contributed by atoms with Crippen LogP contribution in [-0.2, 0) is 19.7 Å². The number of hydroxylamine groups is 2. The Bertz CT molecular complexity index is 448. The van der Waals surface area contributed by atoms with E-state index < -0.39 is 21.9 Å². The summed E-state index contributed by atoms with van der Waals surface area (Å²) in [4.78, 5) is 20.5. The molecule has 1 saturated heterocycles. The van der Waals surface area contributed by atoms with Crippen LogP contribution in [0, 0.1) is 0 Å². The summed E-state index contributed by atoms with van der Waals surface area (Å²) in [5.41, 5.74) is 0. The third-order valence-corrected chi connectivity index (χ3v) is 1.69. The Morgan fingerprint density at radius 1 is 0.947 bits per heavy atom. The van der Waals surface area contributed by atoms with Gasteiger partial charge in [0.15, 0.2) is 0 Å². The van der Waals surface area contributed by atoms with Gasteiger partial charge in [0.05, 0.1) is 6.26 Å². The molecule has 1 aromatic rings. The molecule has 0 unspecified atom stereocenters. The maximum Gasteiger partial charge on any atom is 0.261 e. The number of benzene rings is 1. The minimum absolute atomic E-state index is 0.148. The van der Waals surface area contributed by atoms with E-state index >= 15 is 0 Å². The van der Waals surface area contributed by atoms with Gasteiger partial charge in [-0.1, -0.05) is 36.4 Å². The van der Waals surface area contributed by atoms with Gasteiger partial charge in [-0.2, -0.15) is 13.5 Å². The lowest BCUT2D eigenvalue weighted by Gasteiger charge is -1.98. The second-order valence-electron chi connectivity index (χ2n) is 3.49. The minimum atomic E-state index is -3.67. The van der Waals surface area contributed by atoms with E-state index in [1.165, 1.54) is 0 Å². The molecule has 1 fully saturated rings. The van der Waals surface area contributed by atoms with Gasteiger partial charge in [0.2, 0.25) is 0 Å². The number of rotatable bonds is 0. The first-order valence-electron chi connectivity index (χ1n) is 5.19. The fourth-order valence-corrected chi connectivity index (χ4v) is 0.950. The van der Waals surface area contributed by atoms with Crippen molar-refractivity contribution in [1.29, 1.82) is 0 Å². The van der Waals surface area contributed by atoms with E-state index in [4.69, 9.17) is 9.76 Å². The van der Waals surface area contributed by atoms with Gasteiger partial charge in [0.1, 0.15) is 0 Å². The minimum Gasteiger partial charge on any atom is -0.286 e. The maximum atomic E-state index is 10.2. The summed E-state index contributed by atoms with van der Waals surface area (Å²) in [6, 6.07) is 12.0. The Hall–Kier alpha value is -1.77. The van der Waals surface area contributed by atoms with E-state index in [1.54, 1.807) is 0 Å². The number of hydrogen-bond donors (Lipinski definition) is 2. The molecule has 8 heteroatoms. The summed E-state index contributed by atoms with van der Waals surface area (Å²) in [5, 5.41) is 8.57. The van der Waals surface area contributed by atoms with E-state index in [9.17, 15) is 18.0 Å². The highest BCUT2D eigenvalue weighted by atomic mass is 32.2. The van der Waals surface area contributed by atoms with Gasteiger partial charge in [-0.3, -0.25) is 19.3 Å². The molecule has 19 heavy (non-hydrogen) atoms. The van der Waals surface area contributed by atoms with E-state index in [1.807, 2.05) is 36.4 Å². The van der Waals surface area contributed by atoms with Crippen molar-refractivity contribution in [2.24, 2.45) is 0 Å². The fraction of sp³-hybridized carbons (Fsp3) is 0.273. The largest absolute Gasteiger partial charge is 0.286 e. The number of carbonyl (C=O) groups is 2. The number of imide groups is 1. The lowest BCUT2D eigenvalue weighted by molar-refractivity contribution is -0.171. The first-order chi connectivity index (χ1) is 8.72. The number of nitrogens with zero attached hydrogens (tertiary/aromatic N) is 1. The van der Waals surface area contributed by atoms with Crippen LogP contribution >= 0.6 is 0 Å². The predicted molar refractivity (Wildman–Crippen MR) is 66.8 cm³/mol. The molecule has 2 amide bonds. The molecular formula is C11H15NO6S. The van der Waals surface area contributed by atoms with Crippen molar-refractivity contribution in [2.45, 2.75) is 12.8 Å². The fourth-order valence-electron chi connectivity index (χ4n) is 0.950. The Morgan fingerprint density at radius 2 is 1.16 bits per heavy atom. The van der Waals surface area contributed by atoms with Crippen molar-refractivity contribution in [2.75, 3.05) is 6.26 Å². The molecule has 1 aromatic carbocycles. The topological polar surface area (TPSA) is 112 Å². The lowest BCUT2D eigenvalue weighted by Crippen LogP contribution is -2.24. The van der Waals surface area contributed by atoms with Gasteiger partial charge in [0.25, 0.3) is 21.9 Å². The molecule has 0 saturated carbocycles. The van der Waals surface area contributed by atoms with Crippen LogP contribution in [0.15, 0.2) is 36.4 Å². The summed E-state index contributed by atoms with van der Waals surface area (Å²) in [6.45, 7) is 0. The van der Waals surface area contributed by atoms with Gasteiger partial charge < -0.3 is 0 Å². The van der Waals surface area contributed by atoms with Crippen LogP contribution in [0.3, 0.4) is 0 Å². The monoisotopic (exact) mass is 289 g/mol. The summed E-state index contributed by atoms with van der Waals surface area (Å²) in [6.07, 6.45) is 1.01. The molecule has 1 aliphatic heterocycles. The van der Waals surface area contributed by atoms with Crippen LogP contribution in [0.4, 0.5) is 0 Å². The third kappa shape index (κ3) is 11.1. The number of amides is 2. The van der Waals surface area contributed by atoms with Crippen LogP contribution in [0.1, 0.15) is 12.8 Å². The first-order valence-corrected chi connectivity index (χ1v) is 7.04. The average Bonchev–Trinajstić information content (AvgIpc) is 2.62. The highest BCUT2D eigenvalue weighted by molar-refractivity contribution is 7.85. The van der Waals surface area contributed by atoms with Crippen molar-refractivity contribution in [3.63, 3.8) is 0 Å². The van der Waals surface area contributed by atoms with Crippen molar-refractivity contribution in [3.8, 4) is 0 Å². The normalized spacial score (nSPS) is 14.2. The highest BCUT2D eigenvalue weighted by Crippen LogP contribution is 2.06. The average molecular weight is 289 g/mol. The van der Waals surface area contributed by atoms with E-state index in [0.29, 0.717) is 6.26 Å². The van der Waals surface area contributed by atoms with E-state index in [-0.39, 0.29) is 17.9 Å². The molecule has 0 spiro atoms. The Labute approximate surface area is 111 Å². The standard InChI is InChI=1S/C6H6.C4H5NO3.CH4O3S/c1-2-4-6-5-3-1;6-3-1-2-4(7)5(3)8;1-5(2,3)4/h1-6H;8H,1-2H2;1H3,(H,2,3,4). The van der Waals surface area contributed by atoms with Crippen molar-refractivity contribution in [3.05, 3.63) is 36.4 Å². The molecule has 0 aromatic heterocycles. The molecule has 2 rings (SSSR count). The molecular weight excluding hydrogens is 274 g/mol. The summed E-state index contributed by atoms with van der Waals surface area (Å²) in [7, 11) is -3.67. The zero-order chi connectivity index (χ0) is 14.9. The Kier molecular flexibility index (Phi) is 7.57. The number of carbonyl (C=O) groups excluding carboxylic acids is 2. The van der Waals surface area contributed by atoms with Crippen LogP contribution < -0.4 is 0 Å². The van der Waals surface area contributed by atoms with Crippen molar-refractivity contribution < 1.29 is 27.8 Å². The van der Waals surface area contributed by atoms with Crippen LogP contribution in [0.25, 0.3) is 0 Å². The molecule has 0 atom stereocenters. The zero-order valence-corrected chi connectivity index (χ0v) is 11.1. The second-order valence-corrected chi connectivity index (χ2v) is 4.95. The summed E-state index contributed by atoms with van der Waals surface area (Å²) >= 11 is 0. The smallest absolute Gasteiger partial charge is 0.261 e. The van der Waals surface area contributed by atoms with E-state index in [2.05, 4.69) is 0 Å². The molecule has 106 valence electrons. The second kappa shape index (κ2) is 8.35. The molecule has 0 aliphatic carbocycles. The molecule has 1 aliphatic rings. The Balaban J connectivity index is 0.000000265. The van der Waals surface area contributed by atoms with Crippen molar-refractivity contribution in [1.82, 2.24) is 5.06 Å². The van der Waals surface area contributed by atoms with Crippen LogP contribution in [0.5, 0.6) is 0 Å². The number of hydrogen-bond acceptors (Lipinski definition) is 5. The predicted octanol–water partition coefficient (Wildman–Crippen LogP) is 0.715. The quantitative estimate of drug-likeness (QED) is 0.413. The van der Waals surface area contributed by atoms with E-state index in [0.717, 1.165) is 0 Å². The third-order valence-electron chi connectivity index (χ3n) is 1.69. The van der Waals surface area contributed by atoms with Gasteiger partial charge in [-0.15, -0.1) is 0 Å². The SMILES string of the molecule is CS(=O)(=O)O.O=C1CCC(=O)N1O.c1ccccc1. The zero-order valence-electron chi connectivity index (χ0n) is 10.3. The van der Waals surface area contributed by atoms with Gasteiger partial charge >= 0.3 is 0 Å². The molecule has 0 bridgehead atoms. The van der Waals surface area contributed by atoms with Gasteiger partial charge in [0, 0.05) is 12.8 Å². The summed E-state index contributed by atoms with van der Waals surface area (Å²) < 4.78 is 25.9. The molecule has 1 heterocycles. The maximum absolute atomic E-state index is 10.2. The van der Waals surface area contributed by atoms with Crippen LogP contribution in [-0.4, -0.2) is 41.3 Å². The van der Waals surface area contributed by atoms with Gasteiger partial charge in [-0.25, -0.2) is 0 Å².